The number of amides is 1. The molecular formula is C13H9ClN2O3. The second kappa shape index (κ2) is 5.07. The van der Waals surface area contributed by atoms with Crippen LogP contribution in [-0.2, 0) is 0 Å². The third kappa shape index (κ3) is 2.56. The fourth-order valence-electron chi connectivity index (χ4n) is 1.72. The molecule has 0 unspecified atom stereocenters. The molecule has 19 heavy (non-hydrogen) atoms. The summed E-state index contributed by atoms with van der Waals surface area (Å²) in [6.45, 7) is 0. The fourth-order valence-corrected chi connectivity index (χ4v) is 2.03. The molecule has 5 nitrogen and oxygen atoms in total. The molecule has 6 heteroatoms. The highest BCUT2D eigenvalue weighted by atomic mass is 35.5. The van der Waals surface area contributed by atoms with Crippen LogP contribution in [0.5, 0.6) is 0 Å². The number of benzene rings is 2. The summed E-state index contributed by atoms with van der Waals surface area (Å²) >= 11 is 6.09. The van der Waals surface area contributed by atoms with E-state index in [1.165, 1.54) is 6.07 Å². The van der Waals surface area contributed by atoms with Crippen molar-refractivity contribution in [2.75, 3.05) is 0 Å². The topological polar surface area (TPSA) is 86.2 Å². The zero-order valence-corrected chi connectivity index (χ0v) is 10.4. The van der Waals surface area contributed by atoms with Crippen LogP contribution in [0.15, 0.2) is 42.5 Å². The summed E-state index contributed by atoms with van der Waals surface area (Å²) in [5, 5.41) is 11.0. The highest BCUT2D eigenvalue weighted by Gasteiger charge is 2.19. The van der Waals surface area contributed by atoms with Crippen molar-refractivity contribution in [3.05, 3.63) is 63.2 Å². The van der Waals surface area contributed by atoms with Gasteiger partial charge in [-0.25, -0.2) is 0 Å². The van der Waals surface area contributed by atoms with Crippen LogP contribution in [0.4, 0.5) is 5.69 Å². The molecule has 0 aliphatic rings. The van der Waals surface area contributed by atoms with Gasteiger partial charge >= 0.3 is 0 Å². The number of rotatable bonds is 3. The molecule has 0 fully saturated rings. The van der Waals surface area contributed by atoms with Gasteiger partial charge < -0.3 is 5.73 Å². The molecule has 2 aromatic carbocycles. The van der Waals surface area contributed by atoms with Gasteiger partial charge in [-0.15, -0.1) is 0 Å². The van der Waals surface area contributed by atoms with Crippen molar-refractivity contribution >= 4 is 23.2 Å². The molecule has 2 rings (SSSR count). The van der Waals surface area contributed by atoms with Gasteiger partial charge in [-0.05, 0) is 5.56 Å². The number of primary amides is 1. The average Bonchev–Trinajstić information content (AvgIpc) is 2.39. The summed E-state index contributed by atoms with van der Waals surface area (Å²) in [4.78, 5) is 21.6. The maximum Gasteiger partial charge on any atom is 0.270 e. The Balaban J connectivity index is 2.73. The van der Waals surface area contributed by atoms with Crippen LogP contribution >= 0.6 is 11.6 Å². The maximum atomic E-state index is 11.3. The monoisotopic (exact) mass is 276 g/mol. The Bertz CT molecular complexity index is 656. The van der Waals surface area contributed by atoms with E-state index in [4.69, 9.17) is 17.3 Å². The summed E-state index contributed by atoms with van der Waals surface area (Å²) in [7, 11) is 0. The lowest BCUT2D eigenvalue weighted by molar-refractivity contribution is -0.384. The lowest BCUT2D eigenvalue weighted by Crippen LogP contribution is -2.12. The number of nitro benzene ring substituents is 1. The zero-order valence-electron chi connectivity index (χ0n) is 9.67. The van der Waals surface area contributed by atoms with Crippen molar-refractivity contribution in [1.82, 2.24) is 0 Å². The standard InChI is InChI=1S/C13H9ClN2O3/c14-12-10(8-4-2-1-3-5-8)6-9(16(18)19)7-11(12)13(15)17/h1-7H,(H2,15,17). The predicted molar refractivity (Wildman–Crippen MR) is 72.1 cm³/mol. The average molecular weight is 277 g/mol. The largest absolute Gasteiger partial charge is 0.366 e. The molecule has 0 heterocycles. The third-order valence-corrected chi connectivity index (χ3v) is 3.03. The Labute approximate surface area is 113 Å². The second-order valence-electron chi connectivity index (χ2n) is 3.84. The molecule has 0 aliphatic heterocycles. The first-order chi connectivity index (χ1) is 9.00. The van der Waals surface area contributed by atoms with Gasteiger partial charge in [-0.2, -0.15) is 0 Å². The van der Waals surface area contributed by atoms with Crippen LogP contribution in [0.3, 0.4) is 0 Å². The number of nitrogens with two attached hydrogens (primary N) is 1. The van der Waals surface area contributed by atoms with E-state index in [-0.39, 0.29) is 16.3 Å². The number of halogens is 1. The fraction of sp³-hybridized carbons (Fsp3) is 0. The normalized spacial score (nSPS) is 10.2. The third-order valence-electron chi connectivity index (χ3n) is 2.62. The number of carbonyl (C=O) groups is 1. The van der Waals surface area contributed by atoms with E-state index in [0.29, 0.717) is 11.1 Å². The Hall–Kier alpha value is -2.40. The van der Waals surface area contributed by atoms with Crippen LogP contribution in [0.25, 0.3) is 11.1 Å². The second-order valence-corrected chi connectivity index (χ2v) is 4.22. The number of nitrogens with zero attached hydrogens (tertiary/aromatic N) is 1. The summed E-state index contributed by atoms with van der Waals surface area (Å²) in [6.07, 6.45) is 0. The minimum absolute atomic E-state index is 0.0604. The van der Waals surface area contributed by atoms with E-state index >= 15 is 0 Å². The first-order valence-corrected chi connectivity index (χ1v) is 5.71. The van der Waals surface area contributed by atoms with Crippen LogP contribution in [0, 0.1) is 10.1 Å². The Morgan fingerprint density at radius 1 is 1.21 bits per heavy atom. The molecule has 0 saturated heterocycles. The summed E-state index contributed by atoms with van der Waals surface area (Å²) < 4.78 is 0. The molecule has 0 spiro atoms. The van der Waals surface area contributed by atoms with Gasteiger partial charge in [0.1, 0.15) is 0 Å². The highest BCUT2D eigenvalue weighted by molar-refractivity contribution is 6.36. The van der Waals surface area contributed by atoms with E-state index in [1.54, 1.807) is 24.3 Å². The van der Waals surface area contributed by atoms with E-state index < -0.39 is 10.8 Å². The summed E-state index contributed by atoms with van der Waals surface area (Å²) in [5.74, 6) is -0.800. The van der Waals surface area contributed by atoms with E-state index in [1.807, 2.05) is 6.07 Å². The Morgan fingerprint density at radius 3 is 2.37 bits per heavy atom. The van der Waals surface area contributed by atoms with Crippen molar-refractivity contribution in [1.29, 1.82) is 0 Å². The van der Waals surface area contributed by atoms with Crippen molar-refractivity contribution in [3.8, 4) is 11.1 Å². The SMILES string of the molecule is NC(=O)c1cc([N+](=O)[O-])cc(-c2ccccc2)c1Cl. The summed E-state index contributed by atoms with van der Waals surface area (Å²) in [5.41, 5.74) is 5.99. The number of hydrogen-bond acceptors (Lipinski definition) is 3. The first kappa shape index (κ1) is 13.0. The quantitative estimate of drug-likeness (QED) is 0.690. The van der Waals surface area contributed by atoms with Gasteiger partial charge in [0.25, 0.3) is 5.69 Å². The molecule has 2 N–H and O–H groups in total. The van der Waals surface area contributed by atoms with Crippen molar-refractivity contribution in [3.63, 3.8) is 0 Å². The number of non-ortho nitro benzene ring substituents is 1. The smallest absolute Gasteiger partial charge is 0.270 e. The van der Waals surface area contributed by atoms with E-state index in [9.17, 15) is 14.9 Å². The molecule has 2 aromatic rings. The minimum Gasteiger partial charge on any atom is -0.366 e. The molecule has 1 amide bonds. The first-order valence-electron chi connectivity index (χ1n) is 5.34. The van der Waals surface area contributed by atoms with Crippen LogP contribution in [0.1, 0.15) is 10.4 Å². The Kier molecular flexibility index (Phi) is 3.48. The van der Waals surface area contributed by atoms with Crippen LogP contribution < -0.4 is 5.73 Å². The predicted octanol–water partition coefficient (Wildman–Crippen LogP) is 3.01. The minimum atomic E-state index is -0.800. The van der Waals surface area contributed by atoms with Gasteiger partial charge in [0.2, 0.25) is 5.91 Å². The van der Waals surface area contributed by atoms with Crippen LogP contribution in [-0.4, -0.2) is 10.8 Å². The van der Waals surface area contributed by atoms with Gasteiger partial charge in [0.15, 0.2) is 0 Å². The highest BCUT2D eigenvalue weighted by Crippen LogP contribution is 2.34. The van der Waals surface area contributed by atoms with Crippen LogP contribution in [0.2, 0.25) is 5.02 Å². The molecule has 0 saturated carbocycles. The molecule has 0 radical (unpaired) electrons. The molecular weight excluding hydrogens is 268 g/mol. The van der Waals surface area contributed by atoms with E-state index in [2.05, 4.69) is 0 Å². The molecule has 0 bridgehead atoms. The molecule has 0 atom stereocenters. The molecule has 96 valence electrons. The van der Waals surface area contributed by atoms with Gasteiger partial charge in [0, 0.05) is 17.7 Å². The number of carbonyl (C=O) groups excluding carboxylic acids is 1. The van der Waals surface area contributed by atoms with Gasteiger partial charge in [-0.3, -0.25) is 14.9 Å². The zero-order chi connectivity index (χ0) is 14.0. The molecule has 0 aromatic heterocycles. The van der Waals surface area contributed by atoms with Crippen molar-refractivity contribution in [2.24, 2.45) is 5.73 Å². The number of hydrogen-bond donors (Lipinski definition) is 1. The van der Waals surface area contributed by atoms with E-state index in [0.717, 1.165) is 6.07 Å². The van der Waals surface area contributed by atoms with Crippen molar-refractivity contribution < 1.29 is 9.72 Å². The summed E-state index contributed by atoms with van der Waals surface area (Å²) in [6, 6.07) is 11.2. The lowest BCUT2D eigenvalue weighted by Gasteiger charge is -2.08. The Morgan fingerprint density at radius 2 is 1.84 bits per heavy atom. The maximum absolute atomic E-state index is 11.3. The van der Waals surface area contributed by atoms with Gasteiger partial charge in [0.05, 0.1) is 15.5 Å². The van der Waals surface area contributed by atoms with Gasteiger partial charge in [-0.1, -0.05) is 41.9 Å². The lowest BCUT2D eigenvalue weighted by atomic mass is 10.0. The number of nitro groups is 1. The molecule has 0 aliphatic carbocycles. The van der Waals surface area contributed by atoms with Crippen molar-refractivity contribution in [2.45, 2.75) is 0 Å².